The summed E-state index contributed by atoms with van der Waals surface area (Å²) in [5, 5.41) is 0. The molecule has 0 aliphatic carbocycles. The maximum absolute atomic E-state index is 12.9. The van der Waals surface area contributed by atoms with E-state index in [1.54, 1.807) is 11.8 Å². The molecule has 0 saturated carbocycles. The highest BCUT2D eigenvalue weighted by atomic mass is 19.3. The lowest BCUT2D eigenvalue weighted by Gasteiger charge is -2.31. The highest BCUT2D eigenvalue weighted by molar-refractivity contribution is 5.35. The molecule has 0 radical (unpaired) electrons. The van der Waals surface area contributed by atoms with Crippen molar-refractivity contribution in [2.45, 2.75) is 25.7 Å². The predicted molar refractivity (Wildman–Crippen MR) is 56.1 cm³/mol. The second-order valence-electron chi connectivity index (χ2n) is 4.08. The van der Waals surface area contributed by atoms with Gasteiger partial charge in [-0.3, -0.25) is 4.79 Å². The molecule has 0 atom stereocenters. The first-order chi connectivity index (χ1) is 7.46. The Morgan fingerprint density at radius 2 is 1.94 bits per heavy atom. The van der Waals surface area contributed by atoms with Crippen LogP contribution in [0.25, 0.3) is 0 Å². The van der Waals surface area contributed by atoms with Crippen LogP contribution in [0.2, 0.25) is 0 Å². The zero-order valence-electron chi connectivity index (χ0n) is 9.00. The summed E-state index contributed by atoms with van der Waals surface area (Å²) >= 11 is 0. The Morgan fingerprint density at radius 1 is 1.31 bits per heavy atom. The molecule has 2 heterocycles. The van der Waals surface area contributed by atoms with Gasteiger partial charge in [0.05, 0.1) is 0 Å². The number of halogens is 2. The molecule has 0 spiro atoms. The van der Waals surface area contributed by atoms with Crippen LogP contribution >= 0.6 is 0 Å². The molecule has 1 aromatic rings. The Kier molecular flexibility index (Phi) is 2.69. The van der Waals surface area contributed by atoms with E-state index in [1.807, 2.05) is 0 Å². The number of anilines is 1. The standard InChI is InChI=1S/C11H13F2NO2/c1-8-6-9(15)7-10(16-8)14-4-2-11(12,13)3-5-14/h6-7H,2-5H2,1H3. The van der Waals surface area contributed by atoms with Crippen molar-refractivity contribution in [3.8, 4) is 0 Å². The summed E-state index contributed by atoms with van der Waals surface area (Å²) in [6.45, 7) is 2.11. The van der Waals surface area contributed by atoms with Crippen LogP contribution in [-0.4, -0.2) is 19.0 Å². The number of aryl methyl sites for hydroxylation is 1. The first-order valence-corrected chi connectivity index (χ1v) is 5.21. The number of piperidine rings is 1. The van der Waals surface area contributed by atoms with Crippen LogP contribution in [0.5, 0.6) is 0 Å². The predicted octanol–water partition coefficient (Wildman–Crippen LogP) is 2.18. The first kappa shape index (κ1) is 11.1. The zero-order valence-corrected chi connectivity index (χ0v) is 9.00. The van der Waals surface area contributed by atoms with E-state index in [-0.39, 0.29) is 31.4 Å². The van der Waals surface area contributed by atoms with E-state index in [9.17, 15) is 13.6 Å². The lowest BCUT2D eigenvalue weighted by Crippen LogP contribution is -2.39. The second kappa shape index (κ2) is 3.88. The van der Waals surface area contributed by atoms with E-state index in [4.69, 9.17) is 4.42 Å². The van der Waals surface area contributed by atoms with E-state index >= 15 is 0 Å². The Morgan fingerprint density at radius 3 is 2.50 bits per heavy atom. The van der Waals surface area contributed by atoms with Crippen molar-refractivity contribution in [3.05, 3.63) is 28.1 Å². The third-order valence-corrected chi connectivity index (χ3v) is 2.68. The van der Waals surface area contributed by atoms with Gasteiger partial charge in [0, 0.05) is 38.1 Å². The van der Waals surface area contributed by atoms with Gasteiger partial charge in [0.15, 0.2) is 11.3 Å². The van der Waals surface area contributed by atoms with Gasteiger partial charge < -0.3 is 9.32 Å². The third-order valence-electron chi connectivity index (χ3n) is 2.68. The van der Waals surface area contributed by atoms with Crippen molar-refractivity contribution in [2.75, 3.05) is 18.0 Å². The Balaban J connectivity index is 2.17. The lowest BCUT2D eigenvalue weighted by molar-refractivity contribution is -0.0225. The molecule has 0 amide bonds. The van der Waals surface area contributed by atoms with Crippen molar-refractivity contribution in [1.82, 2.24) is 0 Å². The van der Waals surface area contributed by atoms with Crippen LogP contribution in [-0.2, 0) is 0 Å². The van der Waals surface area contributed by atoms with Crippen LogP contribution in [0.15, 0.2) is 21.3 Å². The maximum Gasteiger partial charge on any atom is 0.251 e. The summed E-state index contributed by atoms with van der Waals surface area (Å²) in [5.74, 6) is -1.69. The summed E-state index contributed by atoms with van der Waals surface area (Å²) in [7, 11) is 0. The number of nitrogens with zero attached hydrogens (tertiary/aromatic N) is 1. The van der Waals surface area contributed by atoms with Crippen molar-refractivity contribution >= 4 is 5.88 Å². The van der Waals surface area contributed by atoms with Crippen LogP contribution in [0.4, 0.5) is 14.7 Å². The fourth-order valence-corrected chi connectivity index (χ4v) is 1.80. The van der Waals surface area contributed by atoms with E-state index in [2.05, 4.69) is 0 Å². The molecule has 0 aromatic carbocycles. The Labute approximate surface area is 91.7 Å². The SMILES string of the molecule is Cc1cc(=O)cc(N2CCC(F)(F)CC2)o1. The van der Waals surface area contributed by atoms with E-state index in [0.717, 1.165) is 0 Å². The molecule has 5 heteroatoms. The van der Waals surface area contributed by atoms with Gasteiger partial charge in [-0.15, -0.1) is 0 Å². The van der Waals surface area contributed by atoms with Crippen LogP contribution < -0.4 is 10.3 Å². The summed E-state index contributed by atoms with van der Waals surface area (Å²) in [6.07, 6.45) is -0.380. The van der Waals surface area contributed by atoms with E-state index in [0.29, 0.717) is 11.6 Å². The molecule has 1 aliphatic heterocycles. The van der Waals surface area contributed by atoms with Crippen molar-refractivity contribution in [2.24, 2.45) is 0 Å². The van der Waals surface area contributed by atoms with E-state index < -0.39 is 5.92 Å². The number of rotatable bonds is 1. The van der Waals surface area contributed by atoms with Gasteiger partial charge in [0.25, 0.3) is 5.92 Å². The molecule has 88 valence electrons. The van der Waals surface area contributed by atoms with E-state index in [1.165, 1.54) is 12.1 Å². The topological polar surface area (TPSA) is 33.5 Å². The highest BCUT2D eigenvalue weighted by Crippen LogP contribution is 2.30. The van der Waals surface area contributed by atoms with Crippen LogP contribution in [0, 0.1) is 6.92 Å². The van der Waals surface area contributed by atoms with Gasteiger partial charge in [0.1, 0.15) is 5.76 Å². The monoisotopic (exact) mass is 229 g/mol. The Hall–Kier alpha value is -1.39. The number of alkyl halides is 2. The fraction of sp³-hybridized carbons (Fsp3) is 0.545. The van der Waals surface area contributed by atoms with Crippen molar-refractivity contribution < 1.29 is 13.2 Å². The van der Waals surface area contributed by atoms with Crippen molar-refractivity contribution in [1.29, 1.82) is 0 Å². The number of hydrogen-bond donors (Lipinski definition) is 0. The second-order valence-corrected chi connectivity index (χ2v) is 4.08. The average molecular weight is 229 g/mol. The van der Waals surface area contributed by atoms with Crippen LogP contribution in [0.3, 0.4) is 0 Å². The minimum atomic E-state index is -2.58. The molecule has 0 unspecified atom stereocenters. The van der Waals surface area contributed by atoms with Gasteiger partial charge in [-0.05, 0) is 6.92 Å². The minimum absolute atomic E-state index is 0.156. The van der Waals surface area contributed by atoms with Gasteiger partial charge in [-0.2, -0.15) is 0 Å². The van der Waals surface area contributed by atoms with Gasteiger partial charge >= 0.3 is 0 Å². The summed E-state index contributed by atoms with van der Waals surface area (Å²) in [6, 6.07) is 2.72. The largest absolute Gasteiger partial charge is 0.446 e. The molecule has 1 saturated heterocycles. The summed E-state index contributed by atoms with van der Waals surface area (Å²) < 4.78 is 31.2. The normalized spacial score (nSPS) is 19.8. The molecule has 1 fully saturated rings. The lowest BCUT2D eigenvalue weighted by atomic mass is 10.1. The molecule has 0 N–H and O–H groups in total. The smallest absolute Gasteiger partial charge is 0.251 e. The molecule has 1 aliphatic rings. The van der Waals surface area contributed by atoms with Crippen LogP contribution in [0.1, 0.15) is 18.6 Å². The molecule has 3 nitrogen and oxygen atoms in total. The molecule has 0 bridgehead atoms. The average Bonchev–Trinajstić information content (AvgIpc) is 2.15. The van der Waals surface area contributed by atoms with Crippen molar-refractivity contribution in [3.63, 3.8) is 0 Å². The molecular formula is C11H13F2NO2. The first-order valence-electron chi connectivity index (χ1n) is 5.21. The third kappa shape index (κ3) is 2.40. The Bertz CT molecular complexity index is 432. The quantitative estimate of drug-likeness (QED) is 0.740. The van der Waals surface area contributed by atoms with Gasteiger partial charge in [-0.1, -0.05) is 0 Å². The minimum Gasteiger partial charge on any atom is -0.446 e. The molecular weight excluding hydrogens is 216 g/mol. The van der Waals surface area contributed by atoms with Gasteiger partial charge in [0.2, 0.25) is 0 Å². The molecule has 16 heavy (non-hydrogen) atoms. The summed E-state index contributed by atoms with van der Waals surface area (Å²) in [4.78, 5) is 12.9. The molecule has 1 aromatic heterocycles. The fourth-order valence-electron chi connectivity index (χ4n) is 1.80. The molecule has 2 rings (SSSR count). The maximum atomic E-state index is 12.9. The number of hydrogen-bond acceptors (Lipinski definition) is 3. The highest BCUT2D eigenvalue weighted by Gasteiger charge is 2.34. The van der Waals surface area contributed by atoms with Gasteiger partial charge in [-0.25, -0.2) is 8.78 Å². The zero-order chi connectivity index (χ0) is 11.8. The summed E-state index contributed by atoms with van der Waals surface area (Å²) in [5.41, 5.74) is -0.156.